The van der Waals surface area contributed by atoms with Crippen molar-refractivity contribution < 1.29 is 17.9 Å². The molecule has 3 aromatic heterocycles. The molecule has 0 saturated heterocycles. The third-order valence-corrected chi connectivity index (χ3v) is 11.4. The topological polar surface area (TPSA) is 73.9 Å². The van der Waals surface area contributed by atoms with Crippen LogP contribution in [0.1, 0.15) is 80.8 Å². The molecule has 0 amide bonds. The van der Waals surface area contributed by atoms with E-state index in [1.807, 2.05) is 11.7 Å². The number of hydrogen-bond donors (Lipinski definition) is 0. The van der Waals surface area contributed by atoms with E-state index < -0.39 is 17.3 Å². The van der Waals surface area contributed by atoms with Crippen LogP contribution < -0.4 is 4.74 Å². The lowest BCUT2D eigenvalue weighted by molar-refractivity contribution is -0.142. The van der Waals surface area contributed by atoms with E-state index in [2.05, 4.69) is 40.6 Å². The summed E-state index contributed by atoms with van der Waals surface area (Å²) in [7, 11) is 5.38. The van der Waals surface area contributed by atoms with Crippen LogP contribution in [-0.2, 0) is 38.7 Å². The molecule has 0 bridgehead atoms. The van der Waals surface area contributed by atoms with Crippen molar-refractivity contribution in [2.24, 2.45) is 37.8 Å². The van der Waals surface area contributed by atoms with Gasteiger partial charge in [0.2, 0.25) is 5.88 Å². The summed E-state index contributed by atoms with van der Waals surface area (Å²) < 4.78 is 50.1. The molecular weight excluding hydrogens is 543 g/mol. The Labute approximate surface area is 244 Å². The van der Waals surface area contributed by atoms with Crippen LogP contribution in [0.15, 0.2) is 12.5 Å². The Kier molecular flexibility index (Phi) is 6.32. The lowest BCUT2D eigenvalue weighted by Crippen LogP contribution is -2.65. The number of aryl methyl sites for hydroxylation is 2. The molecule has 3 saturated carbocycles. The molecule has 0 N–H and O–H groups in total. The van der Waals surface area contributed by atoms with Gasteiger partial charge >= 0.3 is 6.18 Å². The number of aromatic nitrogens is 6. The predicted octanol–water partition coefficient (Wildman–Crippen LogP) is 5.51. The van der Waals surface area contributed by atoms with Crippen molar-refractivity contribution in [2.45, 2.75) is 83.0 Å². The van der Waals surface area contributed by atoms with E-state index in [9.17, 15) is 13.2 Å². The molecule has 3 aliphatic carbocycles. The van der Waals surface area contributed by atoms with Gasteiger partial charge in [-0.15, -0.1) is 0 Å². The van der Waals surface area contributed by atoms with Crippen molar-refractivity contribution in [3.63, 3.8) is 0 Å². The lowest BCUT2D eigenvalue weighted by Gasteiger charge is -2.64. The standard InChI is InChI=1S/C31H40F3N7O/c1-16-17(2)30(3,29-37-23(14-39(29)4)31(32,33)34)25(16)19-9-10-22(19)41-12-11-21-20(13-41)27(38-40(21)5)24-26(18-7-8-18)35-15-36-28(24)42-6/h14-19,22,25H,7-13H2,1-6H3. The molecule has 1 aliphatic heterocycles. The Morgan fingerprint density at radius 1 is 1.07 bits per heavy atom. The third-order valence-electron chi connectivity index (χ3n) is 11.4. The van der Waals surface area contributed by atoms with E-state index >= 15 is 0 Å². The van der Waals surface area contributed by atoms with Crippen molar-refractivity contribution in [1.82, 2.24) is 34.2 Å². The molecule has 42 heavy (non-hydrogen) atoms. The highest BCUT2D eigenvalue weighted by molar-refractivity contribution is 5.72. The van der Waals surface area contributed by atoms with Gasteiger partial charge in [0, 0.05) is 68.4 Å². The third kappa shape index (κ3) is 3.98. The fourth-order valence-electron chi connectivity index (χ4n) is 8.78. The quantitative estimate of drug-likeness (QED) is 0.381. The van der Waals surface area contributed by atoms with Gasteiger partial charge in [-0.1, -0.05) is 20.8 Å². The van der Waals surface area contributed by atoms with Crippen molar-refractivity contribution in [3.8, 4) is 17.1 Å². The molecule has 4 heterocycles. The first-order valence-corrected chi connectivity index (χ1v) is 15.2. The maximum Gasteiger partial charge on any atom is 0.434 e. The molecular formula is C31H40F3N7O. The Morgan fingerprint density at radius 3 is 2.45 bits per heavy atom. The zero-order valence-electron chi connectivity index (χ0n) is 25.2. The van der Waals surface area contributed by atoms with Crippen LogP contribution in [0.2, 0.25) is 0 Å². The summed E-state index contributed by atoms with van der Waals surface area (Å²) in [5, 5.41) is 5.00. The Bertz CT molecular complexity index is 1530. The fraction of sp³-hybridized carbons (Fsp3) is 0.677. The number of nitrogens with zero attached hydrogens (tertiary/aromatic N) is 7. The number of alkyl halides is 3. The molecule has 3 fully saturated rings. The maximum absolute atomic E-state index is 13.6. The lowest BCUT2D eigenvalue weighted by atomic mass is 9.42. The molecule has 0 aromatic carbocycles. The second kappa shape index (κ2) is 9.53. The molecule has 4 aliphatic rings. The minimum Gasteiger partial charge on any atom is -0.480 e. The molecule has 8 nitrogen and oxygen atoms in total. The largest absolute Gasteiger partial charge is 0.480 e. The van der Waals surface area contributed by atoms with Crippen LogP contribution in [0.4, 0.5) is 13.2 Å². The number of methoxy groups -OCH3 is 1. The van der Waals surface area contributed by atoms with Gasteiger partial charge in [-0.05, 0) is 49.4 Å². The summed E-state index contributed by atoms with van der Waals surface area (Å²) in [5.41, 5.74) is 4.15. The van der Waals surface area contributed by atoms with Gasteiger partial charge in [-0.2, -0.15) is 18.3 Å². The zero-order chi connectivity index (χ0) is 29.7. The highest BCUT2D eigenvalue weighted by atomic mass is 19.4. The summed E-state index contributed by atoms with van der Waals surface area (Å²) in [5.74, 6) is 2.90. The van der Waals surface area contributed by atoms with Crippen LogP contribution in [-0.4, -0.2) is 53.9 Å². The highest BCUT2D eigenvalue weighted by Crippen LogP contribution is 2.63. The van der Waals surface area contributed by atoms with E-state index in [0.717, 1.165) is 68.3 Å². The van der Waals surface area contributed by atoms with Crippen molar-refractivity contribution in [1.29, 1.82) is 0 Å². The highest BCUT2D eigenvalue weighted by Gasteiger charge is 2.63. The average Bonchev–Trinajstić information content (AvgIpc) is 3.64. The summed E-state index contributed by atoms with van der Waals surface area (Å²) in [4.78, 5) is 15.9. The van der Waals surface area contributed by atoms with Gasteiger partial charge in [0.25, 0.3) is 0 Å². The monoisotopic (exact) mass is 583 g/mol. The summed E-state index contributed by atoms with van der Waals surface area (Å²) in [6, 6.07) is 0.379. The first-order chi connectivity index (χ1) is 19.9. The van der Waals surface area contributed by atoms with Crippen LogP contribution in [0.5, 0.6) is 5.88 Å². The van der Waals surface area contributed by atoms with E-state index in [-0.39, 0.29) is 11.8 Å². The Hall–Kier alpha value is -2.95. The number of fused-ring (bicyclic) bond motifs is 1. The molecule has 11 heteroatoms. The average molecular weight is 584 g/mol. The van der Waals surface area contributed by atoms with Gasteiger partial charge in [0.05, 0.1) is 18.4 Å². The molecule has 0 radical (unpaired) electrons. The normalized spacial score (nSPS) is 31.4. The van der Waals surface area contributed by atoms with Crippen LogP contribution >= 0.6 is 0 Å². The summed E-state index contributed by atoms with van der Waals surface area (Å²) in [6.45, 7) is 8.33. The predicted molar refractivity (Wildman–Crippen MR) is 151 cm³/mol. The molecule has 226 valence electrons. The second-order valence-electron chi connectivity index (χ2n) is 13.4. The molecule has 3 aromatic rings. The fourth-order valence-corrected chi connectivity index (χ4v) is 8.78. The van der Waals surface area contributed by atoms with Gasteiger partial charge in [0.15, 0.2) is 5.69 Å². The van der Waals surface area contributed by atoms with Gasteiger partial charge in [0.1, 0.15) is 17.8 Å². The Morgan fingerprint density at radius 2 is 1.83 bits per heavy atom. The van der Waals surface area contributed by atoms with Crippen molar-refractivity contribution >= 4 is 0 Å². The summed E-state index contributed by atoms with van der Waals surface area (Å²) in [6.07, 6.45) is 3.63. The first kappa shape index (κ1) is 27.9. The van der Waals surface area contributed by atoms with Gasteiger partial charge in [-0.3, -0.25) is 9.58 Å². The van der Waals surface area contributed by atoms with Gasteiger partial charge in [-0.25, -0.2) is 15.0 Å². The van der Waals surface area contributed by atoms with E-state index in [1.165, 1.54) is 11.3 Å². The maximum atomic E-state index is 13.6. The number of ether oxygens (including phenoxy) is 1. The molecule has 7 rings (SSSR count). The molecule has 6 atom stereocenters. The van der Waals surface area contributed by atoms with E-state index in [4.69, 9.17) is 9.84 Å². The summed E-state index contributed by atoms with van der Waals surface area (Å²) >= 11 is 0. The molecule has 6 unspecified atom stereocenters. The number of hydrogen-bond acceptors (Lipinski definition) is 6. The number of halogens is 3. The first-order valence-electron chi connectivity index (χ1n) is 15.2. The molecule has 0 spiro atoms. The van der Waals surface area contributed by atoms with E-state index in [0.29, 0.717) is 35.5 Å². The van der Waals surface area contributed by atoms with Crippen LogP contribution in [0.3, 0.4) is 0 Å². The van der Waals surface area contributed by atoms with Crippen molar-refractivity contribution in [2.75, 3.05) is 13.7 Å². The SMILES string of the molecule is COc1ncnc(C2CC2)c1-c1nn(C)c2c1CN(C1CCC1C1C(C)C(C)C1(C)c1nc(C(F)(F)F)cn1C)CC2. The minimum atomic E-state index is -4.45. The number of rotatable bonds is 6. The Balaban J connectivity index is 1.19. The van der Waals surface area contributed by atoms with Crippen molar-refractivity contribution in [3.05, 3.63) is 41.0 Å². The second-order valence-corrected chi connectivity index (χ2v) is 13.4. The van der Waals surface area contributed by atoms with Crippen LogP contribution in [0, 0.1) is 23.7 Å². The smallest absolute Gasteiger partial charge is 0.434 e. The minimum absolute atomic E-state index is 0.246. The number of imidazole rings is 1. The van der Waals surface area contributed by atoms with Crippen LogP contribution in [0.25, 0.3) is 11.3 Å². The zero-order valence-corrected chi connectivity index (χ0v) is 25.2. The van der Waals surface area contributed by atoms with Gasteiger partial charge < -0.3 is 9.30 Å². The van der Waals surface area contributed by atoms with E-state index in [1.54, 1.807) is 25.1 Å².